The number of hydrazone groups is 1. The van der Waals surface area contributed by atoms with E-state index in [1.165, 1.54) is 16.0 Å². The van der Waals surface area contributed by atoms with Gasteiger partial charge in [-0.3, -0.25) is 5.43 Å². The Morgan fingerprint density at radius 3 is 2.55 bits per heavy atom. The number of aryl methyl sites for hydroxylation is 1. The highest BCUT2D eigenvalue weighted by molar-refractivity contribution is 7.98. The minimum absolute atomic E-state index is 0.477. The molecule has 0 unspecified atom stereocenters. The number of hydrogen-bond donors (Lipinski definition) is 2. The third-order valence-electron chi connectivity index (χ3n) is 3.35. The zero-order valence-corrected chi connectivity index (χ0v) is 14.5. The maximum atomic E-state index is 5.25. The average molecular weight is 329 g/mol. The lowest BCUT2D eigenvalue weighted by atomic mass is 10.1. The number of rotatable bonds is 4. The monoisotopic (exact) mass is 329 g/mol. The number of thiocarbonyl (C=S) groups is 1. The van der Waals surface area contributed by atoms with Gasteiger partial charge in [0, 0.05) is 10.6 Å². The molecule has 0 saturated carbocycles. The Morgan fingerprint density at radius 2 is 1.86 bits per heavy atom. The zero-order chi connectivity index (χ0) is 15.9. The highest BCUT2D eigenvalue weighted by Crippen LogP contribution is 2.17. The second-order valence-electron chi connectivity index (χ2n) is 4.84. The molecule has 0 aliphatic rings. The van der Waals surface area contributed by atoms with Crippen LogP contribution in [0.1, 0.15) is 16.7 Å². The number of hydrogen-bond acceptors (Lipinski definition) is 3. The molecule has 22 heavy (non-hydrogen) atoms. The van der Waals surface area contributed by atoms with Crippen molar-refractivity contribution in [2.24, 2.45) is 5.10 Å². The summed E-state index contributed by atoms with van der Waals surface area (Å²) < 4.78 is 0. The first kappa shape index (κ1) is 16.5. The van der Waals surface area contributed by atoms with E-state index in [1.54, 1.807) is 18.0 Å². The molecular weight excluding hydrogens is 310 g/mol. The SMILES string of the molecule is CSc1ccc(C=NNC(=S)Nc2cccc(C)c2C)cc1. The zero-order valence-electron chi connectivity index (χ0n) is 12.9. The van der Waals surface area contributed by atoms with Crippen molar-refractivity contribution in [2.75, 3.05) is 11.6 Å². The van der Waals surface area contributed by atoms with Gasteiger partial charge in [-0.25, -0.2) is 0 Å². The van der Waals surface area contributed by atoms with Crippen molar-refractivity contribution < 1.29 is 0 Å². The lowest BCUT2D eigenvalue weighted by Crippen LogP contribution is -2.24. The molecule has 0 atom stereocenters. The Balaban J connectivity index is 1.91. The second-order valence-corrected chi connectivity index (χ2v) is 6.13. The van der Waals surface area contributed by atoms with Crippen LogP contribution in [-0.4, -0.2) is 17.6 Å². The van der Waals surface area contributed by atoms with Crippen LogP contribution < -0.4 is 10.7 Å². The summed E-state index contributed by atoms with van der Waals surface area (Å²) in [6.45, 7) is 4.14. The average Bonchev–Trinajstić information content (AvgIpc) is 2.52. The summed E-state index contributed by atoms with van der Waals surface area (Å²) in [7, 11) is 0. The van der Waals surface area contributed by atoms with Gasteiger partial charge < -0.3 is 5.32 Å². The van der Waals surface area contributed by atoms with E-state index in [2.05, 4.69) is 54.1 Å². The second kappa shape index (κ2) is 7.96. The Kier molecular flexibility index (Phi) is 5.98. The third kappa shape index (κ3) is 4.58. The minimum Gasteiger partial charge on any atom is -0.331 e. The summed E-state index contributed by atoms with van der Waals surface area (Å²) in [5.74, 6) is 0. The molecular formula is C17H19N3S2. The lowest BCUT2D eigenvalue weighted by molar-refractivity contribution is 1.05. The van der Waals surface area contributed by atoms with Crippen LogP contribution in [-0.2, 0) is 0 Å². The topological polar surface area (TPSA) is 36.4 Å². The van der Waals surface area contributed by atoms with Crippen LogP contribution in [0.25, 0.3) is 0 Å². The van der Waals surface area contributed by atoms with Gasteiger partial charge in [-0.05, 0) is 67.2 Å². The predicted octanol–water partition coefficient (Wildman–Crippen LogP) is 4.35. The number of thioether (sulfide) groups is 1. The fourth-order valence-corrected chi connectivity index (χ4v) is 2.46. The minimum atomic E-state index is 0.477. The standard InChI is InChI=1S/C17H19N3S2/c1-12-5-4-6-16(13(12)2)19-17(21)20-18-11-14-7-9-15(22-3)10-8-14/h4-11H,1-3H3,(H2,19,20,21). The molecule has 114 valence electrons. The summed E-state index contributed by atoms with van der Waals surface area (Å²) in [5.41, 5.74) is 7.27. The highest BCUT2D eigenvalue weighted by atomic mass is 32.2. The molecule has 0 heterocycles. The molecule has 0 amide bonds. The molecule has 5 heteroatoms. The summed E-state index contributed by atoms with van der Waals surface area (Å²) in [4.78, 5) is 1.23. The fraction of sp³-hybridized carbons (Fsp3) is 0.176. The first-order valence-electron chi connectivity index (χ1n) is 6.90. The van der Waals surface area contributed by atoms with E-state index >= 15 is 0 Å². The molecule has 2 aromatic carbocycles. The van der Waals surface area contributed by atoms with Gasteiger partial charge in [0.25, 0.3) is 0 Å². The number of anilines is 1. The van der Waals surface area contributed by atoms with Gasteiger partial charge >= 0.3 is 0 Å². The van der Waals surface area contributed by atoms with Gasteiger partial charge in [0.05, 0.1) is 6.21 Å². The van der Waals surface area contributed by atoms with Gasteiger partial charge in [-0.15, -0.1) is 11.8 Å². The quantitative estimate of drug-likeness (QED) is 0.378. The molecule has 2 aromatic rings. The normalized spacial score (nSPS) is 10.7. The highest BCUT2D eigenvalue weighted by Gasteiger charge is 2.01. The van der Waals surface area contributed by atoms with E-state index in [0.29, 0.717) is 5.11 Å². The Bertz CT molecular complexity index is 679. The summed E-state index contributed by atoms with van der Waals surface area (Å²) >= 11 is 6.97. The number of nitrogens with one attached hydrogen (secondary N) is 2. The molecule has 0 aromatic heterocycles. The van der Waals surface area contributed by atoms with E-state index < -0.39 is 0 Å². The van der Waals surface area contributed by atoms with Crippen molar-refractivity contribution in [3.8, 4) is 0 Å². The Hall–Kier alpha value is -1.85. The van der Waals surface area contributed by atoms with Crippen molar-refractivity contribution in [3.05, 3.63) is 59.2 Å². The van der Waals surface area contributed by atoms with E-state index in [9.17, 15) is 0 Å². The number of nitrogens with zero attached hydrogens (tertiary/aromatic N) is 1. The summed E-state index contributed by atoms with van der Waals surface area (Å²) in [6.07, 6.45) is 3.81. The van der Waals surface area contributed by atoms with E-state index in [-0.39, 0.29) is 0 Å². The smallest absolute Gasteiger partial charge is 0.191 e. The fourth-order valence-electron chi connectivity index (χ4n) is 1.89. The van der Waals surface area contributed by atoms with Crippen molar-refractivity contribution in [2.45, 2.75) is 18.7 Å². The van der Waals surface area contributed by atoms with E-state index in [1.807, 2.05) is 24.3 Å². The van der Waals surface area contributed by atoms with Crippen LogP contribution in [0.5, 0.6) is 0 Å². The van der Waals surface area contributed by atoms with Crippen LogP contribution in [0.3, 0.4) is 0 Å². The molecule has 0 bridgehead atoms. The summed E-state index contributed by atoms with van der Waals surface area (Å²) in [5, 5.41) is 7.80. The predicted molar refractivity (Wildman–Crippen MR) is 101 cm³/mol. The van der Waals surface area contributed by atoms with E-state index in [4.69, 9.17) is 12.2 Å². The van der Waals surface area contributed by atoms with Crippen molar-refractivity contribution in [3.63, 3.8) is 0 Å². The van der Waals surface area contributed by atoms with Crippen molar-refractivity contribution in [1.29, 1.82) is 0 Å². The maximum Gasteiger partial charge on any atom is 0.191 e. The molecule has 0 aliphatic carbocycles. The van der Waals surface area contributed by atoms with Crippen molar-refractivity contribution in [1.82, 2.24) is 5.43 Å². The Morgan fingerprint density at radius 1 is 1.14 bits per heavy atom. The van der Waals surface area contributed by atoms with Crippen LogP contribution in [0.2, 0.25) is 0 Å². The molecule has 0 fully saturated rings. The Labute approximate surface area is 141 Å². The molecule has 0 spiro atoms. The number of benzene rings is 2. The van der Waals surface area contributed by atoms with Gasteiger partial charge in [0.15, 0.2) is 5.11 Å². The van der Waals surface area contributed by atoms with Crippen LogP contribution in [0.4, 0.5) is 5.69 Å². The molecule has 3 nitrogen and oxygen atoms in total. The van der Waals surface area contributed by atoms with Crippen LogP contribution in [0.15, 0.2) is 52.5 Å². The lowest BCUT2D eigenvalue weighted by Gasteiger charge is -2.11. The molecule has 2 rings (SSSR count). The van der Waals surface area contributed by atoms with Gasteiger partial charge in [-0.1, -0.05) is 24.3 Å². The molecule has 2 N–H and O–H groups in total. The largest absolute Gasteiger partial charge is 0.331 e. The van der Waals surface area contributed by atoms with Crippen molar-refractivity contribution >= 4 is 41.0 Å². The van der Waals surface area contributed by atoms with E-state index in [0.717, 1.165) is 11.3 Å². The third-order valence-corrected chi connectivity index (χ3v) is 4.29. The van der Waals surface area contributed by atoms with Gasteiger partial charge in [0.2, 0.25) is 0 Å². The van der Waals surface area contributed by atoms with Gasteiger partial charge in [-0.2, -0.15) is 5.10 Å². The maximum absolute atomic E-state index is 5.25. The summed E-state index contributed by atoms with van der Waals surface area (Å²) in [6, 6.07) is 14.3. The molecule has 0 aliphatic heterocycles. The van der Waals surface area contributed by atoms with Crippen LogP contribution >= 0.6 is 24.0 Å². The molecule has 0 saturated heterocycles. The molecule has 0 radical (unpaired) electrons. The first-order valence-corrected chi connectivity index (χ1v) is 8.54. The van der Waals surface area contributed by atoms with Gasteiger partial charge in [0.1, 0.15) is 0 Å². The first-order chi connectivity index (χ1) is 10.6. The van der Waals surface area contributed by atoms with Crippen LogP contribution in [0, 0.1) is 13.8 Å².